The first-order valence-electron chi connectivity index (χ1n) is 9.52. The Kier molecular flexibility index (Phi) is 5.12. The number of hydrogen-bond acceptors (Lipinski definition) is 6. The number of H-pyrrole nitrogens is 1. The third kappa shape index (κ3) is 3.95. The van der Waals surface area contributed by atoms with Gasteiger partial charge < -0.3 is 15.1 Å². The smallest absolute Gasteiger partial charge is 0.269 e. The van der Waals surface area contributed by atoms with Crippen LogP contribution in [0.2, 0.25) is 0 Å². The van der Waals surface area contributed by atoms with Gasteiger partial charge in [-0.15, -0.1) is 0 Å². The van der Waals surface area contributed by atoms with Gasteiger partial charge in [-0.05, 0) is 30.3 Å². The van der Waals surface area contributed by atoms with Gasteiger partial charge in [0.25, 0.3) is 17.5 Å². The number of nitro groups is 1. The highest BCUT2D eigenvalue weighted by Crippen LogP contribution is 2.29. The molecule has 3 aromatic rings. The summed E-state index contributed by atoms with van der Waals surface area (Å²) in [6.45, 7) is 0.674. The summed E-state index contributed by atoms with van der Waals surface area (Å²) in [6.07, 6.45) is 0. The van der Waals surface area contributed by atoms with E-state index in [2.05, 4.69) is 15.5 Å². The van der Waals surface area contributed by atoms with Gasteiger partial charge in [-0.2, -0.15) is 5.10 Å². The molecule has 0 aliphatic carbocycles. The summed E-state index contributed by atoms with van der Waals surface area (Å²) >= 11 is 0. The zero-order valence-electron chi connectivity index (χ0n) is 17.0. The van der Waals surface area contributed by atoms with Crippen molar-refractivity contribution in [1.82, 2.24) is 15.1 Å². The van der Waals surface area contributed by atoms with Crippen LogP contribution in [-0.4, -0.2) is 45.9 Å². The molecular formula is C21H20N6O4. The summed E-state index contributed by atoms with van der Waals surface area (Å²) in [5.74, 6) is -0.204. The maximum Gasteiger partial charge on any atom is 0.269 e. The largest absolute Gasteiger partial charge is 0.378 e. The van der Waals surface area contributed by atoms with Crippen molar-refractivity contribution < 1.29 is 14.5 Å². The van der Waals surface area contributed by atoms with Gasteiger partial charge in [0.1, 0.15) is 0 Å². The number of hydrogen-bond donors (Lipinski definition) is 2. The van der Waals surface area contributed by atoms with E-state index in [0.717, 1.165) is 16.9 Å². The zero-order valence-corrected chi connectivity index (χ0v) is 17.0. The number of nitrogens with zero attached hydrogens (tertiary/aromatic N) is 4. The summed E-state index contributed by atoms with van der Waals surface area (Å²) in [6, 6.07) is 12.7. The molecule has 0 fully saturated rings. The molecule has 1 aliphatic heterocycles. The molecule has 2 amide bonds. The van der Waals surface area contributed by atoms with Gasteiger partial charge in [-0.25, -0.2) is 0 Å². The number of aromatic amines is 1. The molecule has 0 unspecified atom stereocenters. The van der Waals surface area contributed by atoms with Crippen LogP contribution in [0.25, 0.3) is 0 Å². The highest BCUT2D eigenvalue weighted by atomic mass is 16.6. The SMILES string of the molecule is CN(C)c1cccc(C(=O)N2Cc3[nH]nc(NC(=O)c4ccc([N+](=O)[O-])cc4)c3C2)c1. The van der Waals surface area contributed by atoms with Crippen molar-refractivity contribution in [2.75, 3.05) is 24.3 Å². The Labute approximate surface area is 177 Å². The number of carbonyl (C=O) groups is 2. The molecule has 0 radical (unpaired) electrons. The fourth-order valence-electron chi connectivity index (χ4n) is 3.40. The average molecular weight is 420 g/mol. The van der Waals surface area contributed by atoms with Crippen LogP contribution < -0.4 is 10.2 Å². The Morgan fingerprint density at radius 1 is 1.13 bits per heavy atom. The lowest BCUT2D eigenvalue weighted by Crippen LogP contribution is -2.26. The van der Waals surface area contributed by atoms with Gasteiger partial charge in [0.2, 0.25) is 0 Å². The topological polar surface area (TPSA) is 124 Å². The first kappa shape index (κ1) is 20.1. The van der Waals surface area contributed by atoms with Crippen LogP contribution in [0.4, 0.5) is 17.2 Å². The number of benzene rings is 2. The van der Waals surface area contributed by atoms with Gasteiger partial charge in [0.15, 0.2) is 5.82 Å². The third-order valence-electron chi connectivity index (χ3n) is 5.12. The molecule has 2 N–H and O–H groups in total. The van der Waals surface area contributed by atoms with Crippen molar-refractivity contribution in [3.63, 3.8) is 0 Å². The van der Waals surface area contributed by atoms with Gasteiger partial charge in [0.05, 0.1) is 23.7 Å². The molecule has 1 aliphatic rings. The Balaban J connectivity index is 1.47. The molecule has 0 spiro atoms. The minimum atomic E-state index is -0.526. The number of anilines is 2. The zero-order chi connectivity index (χ0) is 22.1. The summed E-state index contributed by atoms with van der Waals surface area (Å²) in [7, 11) is 3.83. The van der Waals surface area contributed by atoms with Crippen LogP contribution >= 0.6 is 0 Å². The molecule has 0 bridgehead atoms. The molecule has 10 heteroatoms. The van der Waals surface area contributed by atoms with Gasteiger partial charge in [0, 0.05) is 48.6 Å². The van der Waals surface area contributed by atoms with Gasteiger partial charge in [-0.3, -0.25) is 24.8 Å². The Hall–Kier alpha value is -4.21. The minimum Gasteiger partial charge on any atom is -0.378 e. The van der Waals surface area contributed by atoms with Crippen molar-refractivity contribution >= 4 is 29.0 Å². The third-order valence-corrected chi connectivity index (χ3v) is 5.12. The standard InChI is InChI=1S/C21H20N6O4/c1-25(2)16-5-3-4-14(10-16)21(29)26-11-17-18(12-26)23-24-19(17)22-20(28)13-6-8-15(9-7-13)27(30)31/h3-10H,11-12H2,1-2H3,(H2,22,23,24,28). The van der Waals surface area contributed by atoms with E-state index in [1.54, 1.807) is 11.0 Å². The van der Waals surface area contributed by atoms with Crippen molar-refractivity contribution in [1.29, 1.82) is 0 Å². The van der Waals surface area contributed by atoms with Crippen LogP contribution in [0.3, 0.4) is 0 Å². The monoisotopic (exact) mass is 420 g/mol. The molecule has 0 saturated heterocycles. The van der Waals surface area contributed by atoms with Crippen LogP contribution in [-0.2, 0) is 13.1 Å². The number of non-ortho nitro benzene ring substituents is 1. The molecular weight excluding hydrogens is 400 g/mol. The first-order chi connectivity index (χ1) is 14.8. The second kappa shape index (κ2) is 7.90. The normalized spacial score (nSPS) is 12.4. The molecule has 10 nitrogen and oxygen atoms in total. The molecule has 4 rings (SSSR count). The summed E-state index contributed by atoms with van der Waals surface area (Å²) < 4.78 is 0. The minimum absolute atomic E-state index is 0.0929. The second-order valence-corrected chi connectivity index (χ2v) is 7.39. The fraction of sp³-hybridized carbons (Fsp3) is 0.190. The molecule has 0 atom stereocenters. The lowest BCUT2D eigenvalue weighted by atomic mass is 10.1. The highest BCUT2D eigenvalue weighted by molar-refractivity contribution is 6.04. The molecule has 31 heavy (non-hydrogen) atoms. The fourth-order valence-corrected chi connectivity index (χ4v) is 3.40. The van der Waals surface area contributed by atoms with Crippen LogP contribution in [0, 0.1) is 10.1 Å². The van der Waals surface area contributed by atoms with Gasteiger partial charge >= 0.3 is 0 Å². The Bertz CT molecular complexity index is 1170. The molecule has 0 saturated carbocycles. The Morgan fingerprint density at radius 3 is 2.55 bits per heavy atom. The van der Waals surface area contributed by atoms with E-state index >= 15 is 0 Å². The van der Waals surface area contributed by atoms with Gasteiger partial charge in [-0.1, -0.05) is 6.07 Å². The van der Waals surface area contributed by atoms with E-state index < -0.39 is 10.8 Å². The maximum atomic E-state index is 13.0. The Morgan fingerprint density at radius 2 is 1.87 bits per heavy atom. The number of rotatable bonds is 5. The summed E-state index contributed by atoms with van der Waals surface area (Å²) in [5.41, 5.74) is 3.20. The number of nitrogens with one attached hydrogen (secondary N) is 2. The second-order valence-electron chi connectivity index (χ2n) is 7.39. The van der Waals surface area contributed by atoms with E-state index in [1.807, 2.05) is 37.2 Å². The van der Waals surface area contributed by atoms with E-state index in [-0.39, 0.29) is 17.2 Å². The van der Waals surface area contributed by atoms with Crippen molar-refractivity contribution in [2.45, 2.75) is 13.1 Å². The number of aromatic nitrogens is 2. The molecule has 2 heterocycles. The van der Waals surface area contributed by atoms with Crippen LogP contribution in [0.15, 0.2) is 48.5 Å². The van der Waals surface area contributed by atoms with Crippen LogP contribution in [0.5, 0.6) is 0 Å². The van der Waals surface area contributed by atoms with Crippen molar-refractivity contribution in [3.05, 3.63) is 81.0 Å². The predicted octanol–water partition coefficient (Wildman–Crippen LogP) is 2.79. The number of carbonyl (C=O) groups excluding carboxylic acids is 2. The lowest BCUT2D eigenvalue weighted by Gasteiger charge is -2.18. The number of amides is 2. The lowest BCUT2D eigenvalue weighted by molar-refractivity contribution is -0.384. The van der Waals surface area contributed by atoms with E-state index in [4.69, 9.17) is 0 Å². The van der Waals surface area contributed by atoms with E-state index in [9.17, 15) is 19.7 Å². The molecule has 1 aromatic heterocycles. The first-order valence-corrected chi connectivity index (χ1v) is 9.52. The summed E-state index contributed by atoms with van der Waals surface area (Å²) in [5, 5.41) is 20.5. The van der Waals surface area contributed by atoms with E-state index in [0.29, 0.717) is 24.5 Å². The van der Waals surface area contributed by atoms with Crippen molar-refractivity contribution in [2.24, 2.45) is 0 Å². The van der Waals surface area contributed by atoms with E-state index in [1.165, 1.54) is 24.3 Å². The number of fused-ring (bicyclic) bond motifs is 1. The van der Waals surface area contributed by atoms with Crippen molar-refractivity contribution in [3.8, 4) is 0 Å². The predicted molar refractivity (Wildman–Crippen MR) is 114 cm³/mol. The summed E-state index contributed by atoms with van der Waals surface area (Å²) in [4.78, 5) is 39.3. The quantitative estimate of drug-likeness (QED) is 0.483. The van der Waals surface area contributed by atoms with Crippen LogP contribution in [0.1, 0.15) is 32.0 Å². The average Bonchev–Trinajstić information content (AvgIpc) is 3.35. The maximum absolute atomic E-state index is 13.0. The number of nitro benzene ring substituents is 1. The molecule has 158 valence electrons. The molecule has 2 aromatic carbocycles. The highest BCUT2D eigenvalue weighted by Gasteiger charge is 2.29.